The van der Waals surface area contributed by atoms with Crippen molar-refractivity contribution in [3.63, 3.8) is 0 Å². The Kier molecular flexibility index (Phi) is 3.24. The molecule has 5 heteroatoms. The van der Waals surface area contributed by atoms with Gasteiger partial charge in [-0.05, 0) is 12.8 Å². The van der Waals surface area contributed by atoms with Crippen LogP contribution in [0.25, 0.3) is 0 Å². The summed E-state index contributed by atoms with van der Waals surface area (Å²) in [5.74, 6) is -2.62. The summed E-state index contributed by atoms with van der Waals surface area (Å²) in [4.78, 5) is 15.2. The minimum Gasteiger partial charge on any atom is -0.381 e. The van der Waals surface area contributed by atoms with Crippen molar-refractivity contribution >= 4 is 5.78 Å². The summed E-state index contributed by atoms with van der Waals surface area (Å²) in [5, 5.41) is 0. The first-order chi connectivity index (χ1) is 7.70. The number of hydrogen-bond acceptors (Lipinski definition) is 3. The second-order valence-electron chi connectivity index (χ2n) is 3.73. The van der Waals surface area contributed by atoms with E-state index in [1.165, 1.54) is 0 Å². The van der Waals surface area contributed by atoms with E-state index in [0.29, 0.717) is 26.1 Å². The van der Waals surface area contributed by atoms with Gasteiger partial charge in [0, 0.05) is 19.1 Å². The quantitative estimate of drug-likeness (QED) is 0.725. The van der Waals surface area contributed by atoms with Gasteiger partial charge in [-0.3, -0.25) is 9.78 Å². The summed E-state index contributed by atoms with van der Waals surface area (Å²) in [7, 11) is 0. The first-order valence-electron chi connectivity index (χ1n) is 5.11. The fourth-order valence-corrected chi connectivity index (χ4v) is 1.81. The molecule has 2 heterocycles. The SMILES string of the molecule is O=C(c1c(F)cncc1F)C1CCOCC1. The summed E-state index contributed by atoms with van der Waals surface area (Å²) >= 11 is 0. The molecule has 0 unspecified atom stereocenters. The van der Waals surface area contributed by atoms with Crippen molar-refractivity contribution in [2.75, 3.05) is 13.2 Å². The van der Waals surface area contributed by atoms with Gasteiger partial charge < -0.3 is 4.74 Å². The zero-order valence-electron chi connectivity index (χ0n) is 8.58. The lowest BCUT2D eigenvalue weighted by Gasteiger charge is -2.20. The molecule has 1 saturated heterocycles. The van der Waals surface area contributed by atoms with E-state index in [0.717, 1.165) is 12.4 Å². The van der Waals surface area contributed by atoms with Gasteiger partial charge in [0.25, 0.3) is 0 Å². The third kappa shape index (κ3) is 2.09. The van der Waals surface area contributed by atoms with Crippen LogP contribution < -0.4 is 0 Å². The average Bonchev–Trinajstić information content (AvgIpc) is 2.30. The van der Waals surface area contributed by atoms with Crippen molar-refractivity contribution in [3.8, 4) is 0 Å². The summed E-state index contributed by atoms with van der Waals surface area (Å²) in [6.07, 6.45) is 2.74. The van der Waals surface area contributed by atoms with Gasteiger partial charge in [0.1, 0.15) is 0 Å². The van der Waals surface area contributed by atoms with Crippen LogP contribution in [0.15, 0.2) is 12.4 Å². The van der Waals surface area contributed by atoms with E-state index in [4.69, 9.17) is 4.74 Å². The van der Waals surface area contributed by atoms with Gasteiger partial charge in [0.05, 0.1) is 18.0 Å². The second-order valence-corrected chi connectivity index (χ2v) is 3.73. The van der Waals surface area contributed by atoms with E-state index < -0.39 is 23.0 Å². The molecular formula is C11H11F2NO2. The zero-order chi connectivity index (χ0) is 11.5. The molecule has 1 aromatic rings. The molecule has 86 valence electrons. The molecule has 1 aliphatic rings. The van der Waals surface area contributed by atoms with Gasteiger partial charge in [0.2, 0.25) is 0 Å². The summed E-state index contributed by atoms with van der Waals surface area (Å²) in [6.45, 7) is 0.926. The zero-order valence-corrected chi connectivity index (χ0v) is 8.58. The number of pyridine rings is 1. The highest BCUT2D eigenvalue weighted by molar-refractivity contribution is 5.98. The number of hydrogen-bond donors (Lipinski definition) is 0. The molecular weight excluding hydrogens is 216 g/mol. The Balaban J connectivity index is 2.26. The molecule has 0 amide bonds. The van der Waals surface area contributed by atoms with Crippen molar-refractivity contribution in [2.45, 2.75) is 12.8 Å². The van der Waals surface area contributed by atoms with Crippen molar-refractivity contribution in [1.29, 1.82) is 0 Å². The molecule has 3 nitrogen and oxygen atoms in total. The van der Waals surface area contributed by atoms with E-state index in [1.807, 2.05) is 0 Å². The van der Waals surface area contributed by atoms with Gasteiger partial charge in [-0.25, -0.2) is 8.78 Å². The highest BCUT2D eigenvalue weighted by Crippen LogP contribution is 2.22. The molecule has 0 spiro atoms. The number of halogens is 2. The van der Waals surface area contributed by atoms with Gasteiger partial charge in [-0.2, -0.15) is 0 Å². The Hall–Kier alpha value is -1.36. The van der Waals surface area contributed by atoms with Crippen LogP contribution >= 0.6 is 0 Å². The molecule has 0 atom stereocenters. The third-order valence-electron chi connectivity index (χ3n) is 2.69. The van der Waals surface area contributed by atoms with Gasteiger partial charge in [-0.15, -0.1) is 0 Å². The molecule has 0 bridgehead atoms. The van der Waals surface area contributed by atoms with E-state index in [2.05, 4.69) is 4.98 Å². The molecule has 0 N–H and O–H groups in total. The van der Waals surface area contributed by atoms with Crippen LogP contribution in [-0.4, -0.2) is 24.0 Å². The Morgan fingerprint density at radius 3 is 2.38 bits per heavy atom. The molecule has 1 fully saturated rings. The number of carbonyl (C=O) groups is 1. The van der Waals surface area contributed by atoms with Crippen LogP contribution in [0.4, 0.5) is 8.78 Å². The lowest BCUT2D eigenvalue weighted by atomic mass is 9.91. The number of aromatic nitrogens is 1. The van der Waals surface area contributed by atoms with Crippen molar-refractivity contribution in [3.05, 3.63) is 29.6 Å². The smallest absolute Gasteiger partial charge is 0.172 e. The maximum absolute atomic E-state index is 13.3. The molecule has 0 saturated carbocycles. The molecule has 0 aromatic carbocycles. The first kappa shape index (κ1) is 11.1. The van der Waals surface area contributed by atoms with Crippen LogP contribution in [0.3, 0.4) is 0 Å². The standard InChI is InChI=1S/C11H11F2NO2/c12-8-5-14-6-9(13)10(8)11(15)7-1-3-16-4-2-7/h5-7H,1-4H2. The van der Waals surface area contributed by atoms with Gasteiger partial charge in [-0.1, -0.05) is 0 Å². The third-order valence-corrected chi connectivity index (χ3v) is 2.69. The average molecular weight is 227 g/mol. The molecule has 0 aliphatic carbocycles. The minimum absolute atomic E-state index is 0.347. The van der Waals surface area contributed by atoms with E-state index >= 15 is 0 Å². The molecule has 1 aliphatic heterocycles. The number of carbonyl (C=O) groups excluding carboxylic acids is 1. The molecule has 16 heavy (non-hydrogen) atoms. The maximum atomic E-state index is 13.3. The van der Waals surface area contributed by atoms with Crippen molar-refractivity contribution in [2.24, 2.45) is 5.92 Å². The fourth-order valence-electron chi connectivity index (χ4n) is 1.81. The summed E-state index contributed by atoms with van der Waals surface area (Å²) in [5.41, 5.74) is -0.470. The van der Waals surface area contributed by atoms with Crippen LogP contribution in [0.1, 0.15) is 23.2 Å². The topological polar surface area (TPSA) is 39.2 Å². The largest absolute Gasteiger partial charge is 0.381 e. The minimum atomic E-state index is -0.892. The Bertz CT molecular complexity index is 383. The van der Waals surface area contributed by atoms with E-state index in [-0.39, 0.29) is 5.92 Å². The van der Waals surface area contributed by atoms with E-state index in [1.54, 1.807) is 0 Å². The predicted octanol–water partition coefficient (Wildman–Crippen LogP) is 1.97. The molecule has 0 radical (unpaired) electrons. The lowest BCUT2D eigenvalue weighted by Crippen LogP contribution is -2.25. The van der Waals surface area contributed by atoms with Crippen LogP contribution in [-0.2, 0) is 4.74 Å². The Labute approximate surface area is 91.4 Å². The first-order valence-corrected chi connectivity index (χ1v) is 5.11. The highest BCUT2D eigenvalue weighted by Gasteiger charge is 2.27. The van der Waals surface area contributed by atoms with Gasteiger partial charge in [0.15, 0.2) is 17.4 Å². The number of ether oxygens (including phenoxy) is 1. The lowest BCUT2D eigenvalue weighted by molar-refractivity contribution is 0.0539. The van der Waals surface area contributed by atoms with Crippen molar-refractivity contribution < 1.29 is 18.3 Å². The number of nitrogens with zero attached hydrogens (tertiary/aromatic N) is 1. The summed E-state index contributed by atoms with van der Waals surface area (Å²) in [6, 6.07) is 0. The Morgan fingerprint density at radius 1 is 1.25 bits per heavy atom. The number of rotatable bonds is 2. The predicted molar refractivity (Wildman–Crippen MR) is 52.0 cm³/mol. The fraction of sp³-hybridized carbons (Fsp3) is 0.455. The van der Waals surface area contributed by atoms with Crippen LogP contribution in [0.5, 0.6) is 0 Å². The monoisotopic (exact) mass is 227 g/mol. The Morgan fingerprint density at radius 2 is 1.81 bits per heavy atom. The number of ketones is 1. The highest BCUT2D eigenvalue weighted by atomic mass is 19.1. The molecule has 1 aromatic heterocycles. The maximum Gasteiger partial charge on any atom is 0.172 e. The number of Topliss-reactive ketones (excluding diaryl/α,β-unsaturated/α-hetero) is 1. The van der Waals surface area contributed by atoms with Crippen LogP contribution in [0.2, 0.25) is 0 Å². The molecule has 2 rings (SSSR count). The van der Waals surface area contributed by atoms with Crippen molar-refractivity contribution in [1.82, 2.24) is 4.98 Å². The van der Waals surface area contributed by atoms with E-state index in [9.17, 15) is 13.6 Å². The normalized spacial score (nSPS) is 17.4. The van der Waals surface area contributed by atoms with Crippen LogP contribution in [0, 0.1) is 17.6 Å². The second kappa shape index (κ2) is 4.65. The summed E-state index contributed by atoms with van der Waals surface area (Å²) < 4.78 is 31.7. The van der Waals surface area contributed by atoms with Gasteiger partial charge >= 0.3 is 0 Å².